The first-order valence-electron chi connectivity index (χ1n) is 8.47. The molecule has 0 saturated carbocycles. The number of hydrogen-bond donors (Lipinski definition) is 0. The van der Waals surface area contributed by atoms with E-state index in [1.165, 1.54) is 0 Å². The maximum absolute atomic E-state index is 12.9. The van der Waals surface area contributed by atoms with Gasteiger partial charge < -0.3 is 14.5 Å². The number of morpholine rings is 1. The third-order valence-electron chi connectivity index (χ3n) is 4.73. The van der Waals surface area contributed by atoms with Gasteiger partial charge in [0.05, 0.1) is 37.2 Å². The van der Waals surface area contributed by atoms with E-state index in [0.29, 0.717) is 31.9 Å². The molecule has 8 nitrogen and oxygen atoms in total. The zero-order chi connectivity index (χ0) is 17.5. The Hall–Kier alpha value is -2.65. The molecule has 0 radical (unpaired) electrons. The smallest absolute Gasteiger partial charge is 0.254 e. The van der Waals surface area contributed by atoms with E-state index in [1.807, 2.05) is 12.3 Å². The first-order valence-corrected chi connectivity index (χ1v) is 9.20. The van der Waals surface area contributed by atoms with Crippen molar-refractivity contribution in [2.75, 3.05) is 31.2 Å². The molecule has 9 heteroatoms. The average molecular weight is 368 g/mol. The van der Waals surface area contributed by atoms with Crippen molar-refractivity contribution in [1.29, 1.82) is 0 Å². The number of ether oxygens (including phenoxy) is 1. The van der Waals surface area contributed by atoms with E-state index in [0.717, 1.165) is 53.1 Å². The highest BCUT2D eigenvalue weighted by Gasteiger charge is 2.27. The molecule has 3 aromatic rings. The van der Waals surface area contributed by atoms with E-state index in [9.17, 15) is 4.79 Å². The summed E-state index contributed by atoms with van der Waals surface area (Å²) in [6.07, 6.45) is 1.84. The fourth-order valence-electron chi connectivity index (χ4n) is 3.30. The highest BCUT2D eigenvalue weighted by molar-refractivity contribution is 7.00. The van der Waals surface area contributed by atoms with E-state index in [2.05, 4.69) is 23.6 Å². The highest BCUT2D eigenvalue weighted by atomic mass is 32.1. The van der Waals surface area contributed by atoms with Crippen LogP contribution in [0.3, 0.4) is 0 Å². The molecule has 1 amide bonds. The molecule has 0 bridgehead atoms. The summed E-state index contributed by atoms with van der Waals surface area (Å²) in [4.78, 5) is 26.0. The van der Waals surface area contributed by atoms with Crippen LogP contribution in [0, 0.1) is 0 Å². The predicted octanol–water partition coefficient (Wildman–Crippen LogP) is 1.47. The van der Waals surface area contributed by atoms with E-state index < -0.39 is 0 Å². The molecule has 5 rings (SSSR count). The lowest BCUT2D eigenvalue weighted by Crippen LogP contribution is -2.37. The molecular weight excluding hydrogens is 352 g/mol. The number of hydrogen-bond acceptors (Lipinski definition) is 8. The summed E-state index contributed by atoms with van der Waals surface area (Å²) < 4.78 is 13.8. The Labute approximate surface area is 153 Å². The van der Waals surface area contributed by atoms with Gasteiger partial charge in [0.15, 0.2) is 0 Å². The van der Waals surface area contributed by atoms with E-state index >= 15 is 0 Å². The van der Waals surface area contributed by atoms with E-state index in [1.54, 1.807) is 17.0 Å². The van der Waals surface area contributed by atoms with Crippen LogP contribution in [-0.2, 0) is 17.8 Å². The van der Waals surface area contributed by atoms with Gasteiger partial charge in [-0.2, -0.15) is 8.75 Å². The number of fused-ring (bicyclic) bond motifs is 2. The summed E-state index contributed by atoms with van der Waals surface area (Å²) in [6, 6.07) is 5.44. The molecule has 132 valence electrons. The van der Waals surface area contributed by atoms with Gasteiger partial charge in [0.1, 0.15) is 11.0 Å². The van der Waals surface area contributed by atoms with Gasteiger partial charge in [0.2, 0.25) is 5.95 Å². The molecule has 2 aliphatic heterocycles. The van der Waals surface area contributed by atoms with E-state index in [4.69, 9.17) is 4.74 Å². The van der Waals surface area contributed by atoms with Gasteiger partial charge in [0.25, 0.3) is 5.91 Å². The average Bonchev–Trinajstić information content (AvgIpc) is 3.33. The Balaban J connectivity index is 1.37. The molecule has 1 saturated heterocycles. The summed E-state index contributed by atoms with van der Waals surface area (Å²) in [6.45, 7) is 4.01. The van der Waals surface area contributed by atoms with Crippen LogP contribution in [0.1, 0.15) is 21.6 Å². The van der Waals surface area contributed by atoms with Crippen LogP contribution in [-0.4, -0.2) is 55.8 Å². The summed E-state index contributed by atoms with van der Waals surface area (Å²) in [5.74, 6) is 0.696. The number of carbonyl (C=O) groups excluding carboxylic acids is 1. The summed E-state index contributed by atoms with van der Waals surface area (Å²) in [5, 5.41) is 0. The molecule has 2 aliphatic rings. The van der Waals surface area contributed by atoms with Crippen molar-refractivity contribution < 1.29 is 9.53 Å². The molecule has 4 heterocycles. The van der Waals surface area contributed by atoms with Gasteiger partial charge in [-0.15, -0.1) is 0 Å². The Bertz CT molecular complexity index is 984. The van der Waals surface area contributed by atoms with Crippen LogP contribution >= 0.6 is 11.7 Å². The topological polar surface area (TPSA) is 84.3 Å². The molecule has 0 aliphatic carbocycles. The summed E-state index contributed by atoms with van der Waals surface area (Å²) >= 11 is 1.15. The number of rotatable bonds is 2. The van der Waals surface area contributed by atoms with Crippen LogP contribution in [0.2, 0.25) is 0 Å². The van der Waals surface area contributed by atoms with Gasteiger partial charge in [0, 0.05) is 37.0 Å². The van der Waals surface area contributed by atoms with Crippen LogP contribution in [0.25, 0.3) is 11.0 Å². The van der Waals surface area contributed by atoms with Crippen LogP contribution in [0.5, 0.6) is 0 Å². The van der Waals surface area contributed by atoms with Gasteiger partial charge in [-0.05, 0) is 18.2 Å². The highest BCUT2D eigenvalue weighted by Crippen LogP contribution is 2.25. The quantitative estimate of drug-likeness (QED) is 0.677. The SMILES string of the molecule is O=C(c1ccc2nsnc2c1)N1Cc2cnc(N3CCOCC3)nc2C1. The number of benzene rings is 1. The van der Waals surface area contributed by atoms with Crippen LogP contribution in [0.15, 0.2) is 24.4 Å². The molecule has 26 heavy (non-hydrogen) atoms. The van der Waals surface area contributed by atoms with Crippen molar-refractivity contribution in [3.63, 3.8) is 0 Å². The maximum Gasteiger partial charge on any atom is 0.254 e. The fourth-order valence-corrected chi connectivity index (χ4v) is 3.82. The van der Waals surface area contributed by atoms with Crippen LogP contribution in [0.4, 0.5) is 5.95 Å². The molecule has 0 N–H and O–H groups in total. The van der Waals surface area contributed by atoms with Crippen molar-refractivity contribution in [2.24, 2.45) is 0 Å². The van der Waals surface area contributed by atoms with Crippen molar-refractivity contribution in [3.05, 3.63) is 41.2 Å². The normalized spacial score (nSPS) is 16.9. The lowest BCUT2D eigenvalue weighted by Gasteiger charge is -2.26. The largest absolute Gasteiger partial charge is 0.378 e. The number of anilines is 1. The summed E-state index contributed by atoms with van der Waals surface area (Å²) in [5.41, 5.74) is 4.13. The fraction of sp³-hybridized carbons (Fsp3) is 0.353. The Kier molecular flexibility index (Phi) is 3.75. The second kappa shape index (κ2) is 6.26. The van der Waals surface area contributed by atoms with Crippen molar-refractivity contribution in [1.82, 2.24) is 23.6 Å². The number of aromatic nitrogens is 4. The minimum absolute atomic E-state index is 0.0224. The minimum atomic E-state index is -0.0224. The Morgan fingerprint density at radius 1 is 1.12 bits per heavy atom. The second-order valence-corrected chi connectivity index (χ2v) is 6.90. The third-order valence-corrected chi connectivity index (χ3v) is 5.28. The van der Waals surface area contributed by atoms with E-state index in [-0.39, 0.29) is 5.91 Å². The van der Waals surface area contributed by atoms with Gasteiger partial charge >= 0.3 is 0 Å². The predicted molar refractivity (Wildman–Crippen MR) is 96.1 cm³/mol. The monoisotopic (exact) mass is 368 g/mol. The molecule has 2 aromatic heterocycles. The Morgan fingerprint density at radius 3 is 2.85 bits per heavy atom. The lowest BCUT2D eigenvalue weighted by molar-refractivity contribution is 0.0750. The summed E-state index contributed by atoms with van der Waals surface area (Å²) in [7, 11) is 0. The molecular formula is C17H16N6O2S. The number of amides is 1. The van der Waals surface area contributed by atoms with Gasteiger partial charge in [-0.25, -0.2) is 9.97 Å². The number of nitrogens with zero attached hydrogens (tertiary/aromatic N) is 6. The minimum Gasteiger partial charge on any atom is -0.378 e. The zero-order valence-corrected chi connectivity index (χ0v) is 14.8. The molecule has 0 spiro atoms. The van der Waals surface area contributed by atoms with Crippen molar-refractivity contribution >= 4 is 34.6 Å². The van der Waals surface area contributed by atoms with Crippen molar-refractivity contribution in [2.45, 2.75) is 13.1 Å². The zero-order valence-electron chi connectivity index (χ0n) is 14.0. The second-order valence-electron chi connectivity index (χ2n) is 6.37. The maximum atomic E-state index is 12.9. The standard InChI is InChI=1S/C17H16N6O2S/c24-16(11-1-2-13-14(7-11)21-26-20-13)23-9-12-8-18-17(19-15(12)10-23)22-3-5-25-6-4-22/h1-2,7-8H,3-6,9-10H2. The van der Waals surface area contributed by atoms with Crippen LogP contribution < -0.4 is 4.90 Å². The third kappa shape index (κ3) is 2.69. The molecule has 0 atom stereocenters. The molecule has 0 unspecified atom stereocenters. The van der Waals surface area contributed by atoms with Gasteiger partial charge in [-0.3, -0.25) is 4.79 Å². The molecule has 1 aromatic carbocycles. The van der Waals surface area contributed by atoms with Gasteiger partial charge in [-0.1, -0.05) is 0 Å². The number of carbonyl (C=O) groups is 1. The molecule has 1 fully saturated rings. The first kappa shape index (κ1) is 15.6. The van der Waals surface area contributed by atoms with Crippen molar-refractivity contribution in [3.8, 4) is 0 Å². The lowest BCUT2D eigenvalue weighted by atomic mass is 10.2. The Morgan fingerprint density at radius 2 is 1.96 bits per heavy atom. The first-order chi connectivity index (χ1) is 12.8.